The molecule has 0 radical (unpaired) electrons. The second-order valence-electron chi connectivity index (χ2n) is 3.31. The minimum absolute atomic E-state index is 0.00195. The number of nitriles is 1. The first kappa shape index (κ1) is 13.6. The monoisotopic (exact) mass is 240 g/mol. The second-order valence-corrected chi connectivity index (χ2v) is 3.31. The predicted octanol–water partition coefficient (Wildman–Crippen LogP) is -0.501. The van der Waals surface area contributed by atoms with Crippen LogP contribution < -0.4 is 0 Å². The minimum atomic E-state index is 0.00195. The molecule has 0 saturated carbocycles. The molecule has 0 fully saturated rings. The highest BCUT2D eigenvalue weighted by Gasteiger charge is 2.11. The molecule has 7 heteroatoms. The highest BCUT2D eigenvalue weighted by atomic mass is 16.5. The molecule has 1 heterocycles. The van der Waals surface area contributed by atoms with Gasteiger partial charge >= 0.3 is 0 Å². The molecule has 0 aromatic carbocycles. The van der Waals surface area contributed by atoms with Crippen LogP contribution in [0.5, 0.6) is 0 Å². The average molecular weight is 240 g/mol. The number of methoxy groups -OCH3 is 1. The zero-order chi connectivity index (χ0) is 12.5. The lowest BCUT2D eigenvalue weighted by atomic mass is 10.2. The topological polar surface area (TPSA) is 93.2 Å². The van der Waals surface area contributed by atoms with Crippen molar-refractivity contribution in [2.75, 3.05) is 26.9 Å². The van der Waals surface area contributed by atoms with Crippen LogP contribution in [0.25, 0.3) is 0 Å². The third-order valence-corrected chi connectivity index (χ3v) is 2.13. The summed E-state index contributed by atoms with van der Waals surface area (Å²) < 4.78 is 11.9. The average Bonchev–Trinajstić information content (AvgIpc) is 2.69. The third kappa shape index (κ3) is 4.11. The molecular weight excluding hydrogens is 224 g/mol. The van der Waals surface area contributed by atoms with Gasteiger partial charge in [-0.1, -0.05) is 5.21 Å². The maximum atomic E-state index is 8.65. The summed E-state index contributed by atoms with van der Waals surface area (Å²) in [5, 5.41) is 25.1. The van der Waals surface area contributed by atoms with E-state index in [0.717, 1.165) is 5.69 Å². The van der Waals surface area contributed by atoms with Crippen LogP contribution in [0.3, 0.4) is 0 Å². The number of rotatable bonds is 8. The lowest BCUT2D eigenvalue weighted by molar-refractivity contribution is 0.0833. The number of aliphatic hydroxyl groups is 1. The van der Waals surface area contributed by atoms with Gasteiger partial charge in [0, 0.05) is 7.11 Å². The fraction of sp³-hybridized carbons (Fsp3) is 0.700. The summed E-state index contributed by atoms with van der Waals surface area (Å²) in [6.07, 6.45) is 0.218. The van der Waals surface area contributed by atoms with Crippen molar-refractivity contribution in [1.82, 2.24) is 15.0 Å². The third-order valence-electron chi connectivity index (χ3n) is 2.13. The first-order valence-electron chi connectivity index (χ1n) is 5.29. The van der Waals surface area contributed by atoms with E-state index in [0.29, 0.717) is 32.1 Å². The number of hydrogen-bond donors (Lipinski definition) is 1. The van der Waals surface area contributed by atoms with E-state index in [-0.39, 0.29) is 13.0 Å². The smallest absolute Gasteiger partial charge is 0.102 e. The Kier molecular flexibility index (Phi) is 6.17. The van der Waals surface area contributed by atoms with Gasteiger partial charge in [0.1, 0.15) is 5.69 Å². The van der Waals surface area contributed by atoms with Gasteiger partial charge in [-0.3, -0.25) is 0 Å². The highest BCUT2D eigenvalue weighted by Crippen LogP contribution is 2.07. The number of aromatic nitrogens is 3. The first-order valence-corrected chi connectivity index (χ1v) is 5.29. The highest BCUT2D eigenvalue weighted by molar-refractivity contribution is 5.13. The SMILES string of the molecule is COCc1c(CC#N)nnn1CCOCCO. The van der Waals surface area contributed by atoms with E-state index in [4.69, 9.17) is 19.8 Å². The first-order chi connectivity index (χ1) is 8.33. The van der Waals surface area contributed by atoms with Gasteiger partial charge in [0.15, 0.2) is 0 Å². The van der Waals surface area contributed by atoms with Crippen LogP contribution in [-0.4, -0.2) is 47.0 Å². The summed E-state index contributed by atoms with van der Waals surface area (Å²) in [4.78, 5) is 0. The molecule has 0 atom stereocenters. The molecule has 0 bridgehead atoms. The van der Waals surface area contributed by atoms with E-state index < -0.39 is 0 Å². The summed E-state index contributed by atoms with van der Waals surface area (Å²) in [5.74, 6) is 0. The maximum absolute atomic E-state index is 8.65. The number of nitrogens with zero attached hydrogens (tertiary/aromatic N) is 4. The van der Waals surface area contributed by atoms with Gasteiger partial charge in [-0.25, -0.2) is 4.68 Å². The standard InChI is InChI=1S/C10H16N4O3/c1-16-8-10-9(2-3-11)12-13-14(10)4-6-17-7-5-15/h15H,2,4-8H2,1H3. The van der Waals surface area contributed by atoms with Gasteiger partial charge < -0.3 is 14.6 Å². The molecular formula is C10H16N4O3. The van der Waals surface area contributed by atoms with Gasteiger partial charge in [-0.05, 0) is 0 Å². The Hall–Kier alpha value is -1.49. The molecule has 0 spiro atoms. The van der Waals surface area contributed by atoms with Crippen LogP contribution in [-0.2, 0) is 29.0 Å². The van der Waals surface area contributed by atoms with Crippen molar-refractivity contribution in [2.45, 2.75) is 19.6 Å². The summed E-state index contributed by atoms with van der Waals surface area (Å²) in [6, 6.07) is 2.04. The van der Waals surface area contributed by atoms with E-state index in [1.165, 1.54) is 0 Å². The van der Waals surface area contributed by atoms with Crippen molar-refractivity contribution in [1.29, 1.82) is 5.26 Å². The molecule has 0 unspecified atom stereocenters. The molecule has 7 nitrogen and oxygen atoms in total. The maximum Gasteiger partial charge on any atom is 0.102 e. The van der Waals surface area contributed by atoms with Crippen molar-refractivity contribution in [2.24, 2.45) is 0 Å². The zero-order valence-corrected chi connectivity index (χ0v) is 9.80. The summed E-state index contributed by atoms with van der Waals surface area (Å²) >= 11 is 0. The van der Waals surface area contributed by atoms with Gasteiger partial charge in [-0.15, -0.1) is 5.10 Å². The molecule has 94 valence electrons. The van der Waals surface area contributed by atoms with Crippen molar-refractivity contribution in [3.05, 3.63) is 11.4 Å². The van der Waals surface area contributed by atoms with E-state index >= 15 is 0 Å². The van der Waals surface area contributed by atoms with Crippen molar-refractivity contribution >= 4 is 0 Å². The van der Waals surface area contributed by atoms with Gasteiger partial charge in [0.2, 0.25) is 0 Å². The summed E-state index contributed by atoms with van der Waals surface area (Å²) in [6.45, 7) is 1.63. The Morgan fingerprint density at radius 3 is 2.94 bits per heavy atom. The van der Waals surface area contributed by atoms with Gasteiger partial charge in [0.05, 0.1) is 51.2 Å². The van der Waals surface area contributed by atoms with Crippen LogP contribution in [0.1, 0.15) is 11.4 Å². The fourth-order valence-corrected chi connectivity index (χ4v) is 1.37. The molecule has 1 rings (SSSR count). The molecule has 0 amide bonds. The normalized spacial score (nSPS) is 10.4. The quantitative estimate of drug-likeness (QED) is 0.616. The minimum Gasteiger partial charge on any atom is -0.394 e. The van der Waals surface area contributed by atoms with Crippen LogP contribution in [0.4, 0.5) is 0 Å². The molecule has 0 saturated heterocycles. The van der Waals surface area contributed by atoms with E-state index in [2.05, 4.69) is 10.3 Å². The molecule has 1 aromatic rings. The van der Waals surface area contributed by atoms with Crippen molar-refractivity contribution in [3.63, 3.8) is 0 Å². The Bertz CT molecular complexity index is 372. The molecule has 1 aromatic heterocycles. The summed E-state index contributed by atoms with van der Waals surface area (Å²) in [5.41, 5.74) is 1.43. The lowest BCUT2D eigenvalue weighted by Gasteiger charge is -2.06. The van der Waals surface area contributed by atoms with E-state index in [9.17, 15) is 0 Å². The molecule has 1 N–H and O–H groups in total. The zero-order valence-electron chi connectivity index (χ0n) is 9.80. The molecule has 0 aliphatic rings. The Balaban J connectivity index is 2.60. The molecule has 17 heavy (non-hydrogen) atoms. The van der Waals surface area contributed by atoms with Gasteiger partial charge in [0.25, 0.3) is 0 Å². The van der Waals surface area contributed by atoms with Crippen LogP contribution in [0.2, 0.25) is 0 Å². The van der Waals surface area contributed by atoms with Crippen molar-refractivity contribution < 1.29 is 14.6 Å². The Labute approximate surface area is 99.6 Å². The van der Waals surface area contributed by atoms with Crippen LogP contribution >= 0.6 is 0 Å². The van der Waals surface area contributed by atoms with Crippen LogP contribution in [0.15, 0.2) is 0 Å². The van der Waals surface area contributed by atoms with E-state index in [1.54, 1.807) is 11.8 Å². The van der Waals surface area contributed by atoms with Gasteiger partial charge in [-0.2, -0.15) is 5.26 Å². The van der Waals surface area contributed by atoms with Crippen molar-refractivity contribution in [3.8, 4) is 6.07 Å². The van der Waals surface area contributed by atoms with Crippen LogP contribution in [0, 0.1) is 11.3 Å². The fourth-order valence-electron chi connectivity index (χ4n) is 1.37. The summed E-state index contributed by atoms with van der Waals surface area (Å²) in [7, 11) is 1.58. The Morgan fingerprint density at radius 1 is 1.47 bits per heavy atom. The second kappa shape index (κ2) is 7.73. The molecule has 0 aliphatic carbocycles. The Morgan fingerprint density at radius 2 is 2.29 bits per heavy atom. The van der Waals surface area contributed by atoms with E-state index in [1.807, 2.05) is 6.07 Å². The number of ether oxygens (including phenoxy) is 2. The number of hydrogen-bond acceptors (Lipinski definition) is 6. The number of aliphatic hydroxyl groups excluding tert-OH is 1. The lowest BCUT2D eigenvalue weighted by Crippen LogP contribution is -2.13. The predicted molar refractivity (Wildman–Crippen MR) is 58.0 cm³/mol. The largest absolute Gasteiger partial charge is 0.394 e. The molecule has 0 aliphatic heterocycles.